The summed E-state index contributed by atoms with van der Waals surface area (Å²) in [7, 11) is 0. The standard InChI is InChI=1S/C12H11ClN2/c1-9-11(7-14-8-15-9)6-10-4-2-3-5-12(10)13/h2-5,7-8H,6H2,1H3. The van der Waals surface area contributed by atoms with Gasteiger partial charge in [0.15, 0.2) is 0 Å². The quantitative estimate of drug-likeness (QED) is 0.775. The van der Waals surface area contributed by atoms with E-state index >= 15 is 0 Å². The topological polar surface area (TPSA) is 25.8 Å². The van der Waals surface area contributed by atoms with E-state index in [0.29, 0.717) is 0 Å². The van der Waals surface area contributed by atoms with E-state index in [1.54, 1.807) is 6.33 Å². The summed E-state index contributed by atoms with van der Waals surface area (Å²) in [6, 6.07) is 7.84. The van der Waals surface area contributed by atoms with Crippen LogP contribution in [0, 0.1) is 6.92 Å². The maximum absolute atomic E-state index is 6.09. The molecule has 0 fully saturated rings. The molecule has 0 saturated heterocycles. The zero-order valence-corrected chi connectivity index (χ0v) is 9.20. The first-order valence-electron chi connectivity index (χ1n) is 4.76. The first-order chi connectivity index (χ1) is 7.27. The van der Waals surface area contributed by atoms with Crippen molar-refractivity contribution in [3.05, 3.63) is 58.6 Å². The van der Waals surface area contributed by atoms with Gasteiger partial charge in [0.2, 0.25) is 0 Å². The van der Waals surface area contributed by atoms with Crippen molar-refractivity contribution in [3.63, 3.8) is 0 Å². The molecule has 0 atom stereocenters. The second-order valence-electron chi connectivity index (χ2n) is 3.40. The molecule has 1 aromatic heterocycles. The number of rotatable bonds is 2. The largest absolute Gasteiger partial charge is 0.245 e. The third-order valence-electron chi connectivity index (χ3n) is 2.35. The van der Waals surface area contributed by atoms with Crippen molar-refractivity contribution in [2.45, 2.75) is 13.3 Å². The first kappa shape index (κ1) is 10.1. The SMILES string of the molecule is Cc1ncncc1Cc1ccccc1Cl. The predicted octanol–water partition coefficient (Wildman–Crippen LogP) is 3.03. The molecule has 0 aliphatic heterocycles. The van der Waals surface area contributed by atoms with Gasteiger partial charge in [-0.1, -0.05) is 29.8 Å². The fraction of sp³-hybridized carbons (Fsp3) is 0.167. The summed E-state index contributed by atoms with van der Waals surface area (Å²) < 4.78 is 0. The molecule has 2 nitrogen and oxygen atoms in total. The van der Waals surface area contributed by atoms with Crippen LogP contribution in [0.1, 0.15) is 16.8 Å². The molecule has 0 aliphatic carbocycles. The van der Waals surface area contributed by atoms with E-state index in [0.717, 1.165) is 28.3 Å². The van der Waals surface area contributed by atoms with Crippen LogP contribution in [0.4, 0.5) is 0 Å². The van der Waals surface area contributed by atoms with Crippen LogP contribution in [0.2, 0.25) is 5.02 Å². The summed E-state index contributed by atoms with van der Waals surface area (Å²) in [4.78, 5) is 8.17. The Hall–Kier alpha value is -1.41. The molecular weight excluding hydrogens is 208 g/mol. The number of aryl methyl sites for hydroxylation is 1. The lowest BCUT2D eigenvalue weighted by molar-refractivity contribution is 1.02. The van der Waals surface area contributed by atoms with E-state index in [4.69, 9.17) is 11.6 Å². The Bertz CT molecular complexity index is 425. The van der Waals surface area contributed by atoms with Crippen LogP contribution < -0.4 is 0 Å². The van der Waals surface area contributed by atoms with E-state index < -0.39 is 0 Å². The molecule has 0 N–H and O–H groups in total. The minimum Gasteiger partial charge on any atom is -0.245 e. The molecule has 1 heterocycles. The van der Waals surface area contributed by atoms with Crippen LogP contribution >= 0.6 is 11.6 Å². The van der Waals surface area contributed by atoms with Crippen LogP contribution in [0.3, 0.4) is 0 Å². The Balaban J connectivity index is 2.30. The number of hydrogen-bond acceptors (Lipinski definition) is 2. The summed E-state index contributed by atoms with van der Waals surface area (Å²) in [5.41, 5.74) is 3.23. The van der Waals surface area contributed by atoms with E-state index in [1.165, 1.54) is 0 Å². The molecule has 0 aliphatic rings. The number of benzene rings is 1. The van der Waals surface area contributed by atoms with E-state index in [9.17, 15) is 0 Å². The smallest absolute Gasteiger partial charge is 0.115 e. The van der Waals surface area contributed by atoms with Gasteiger partial charge in [-0.3, -0.25) is 0 Å². The van der Waals surface area contributed by atoms with Gasteiger partial charge in [0.1, 0.15) is 6.33 Å². The number of hydrogen-bond donors (Lipinski definition) is 0. The van der Waals surface area contributed by atoms with Gasteiger partial charge in [0, 0.05) is 23.3 Å². The Morgan fingerprint density at radius 3 is 2.73 bits per heavy atom. The van der Waals surface area contributed by atoms with Crippen LogP contribution in [0.15, 0.2) is 36.8 Å². The summed E-state index contributed by atoms with van der Waals surface area (Å²) in [5, 5.41) is 0.792. The van der Waals surface area contributed by atoms with Gasteiger partial charge in [0.25, 0.3) is 0 Å². The average Bonchev–Trinajstić information content (AvgIpc) is 2.24. The zero-order chi connectivity index (χ0) is 10.7. The van der Waals surface area contributed by atoms with E-state index in [-0.39, 0.29) is 0 Å². The summed E-state index contributed by atoms with van der Waals surface area (Å²) in [6.07, 6.45) is 4.18. The van der Waals surface area contributed by atoms with Crippen LogP contribution in [-0.4, -0.2) is 9.97 Å². The maximum atomic E-state index is 6.09. The third kappa shape index (κ3) is 2.34. The summed E-state index contributed by atoms with van der Waals surface area (Å²) >= 11 is 6.09. The van der Waals surface area contributed by atoms with Gasteiger partial charge >= 0.3 is 0 Å². The highest BCUT2D eigenvalue weighted by Crippen LogP contribution is 2.19. The van der Waals surface area contributed by atoms with Crippen LogP contribution in [0.5, 0.6) is 0 Å². The first-order valence-corrected chi connectivity index (χ1v) is 5.14. The molecule has 0 bridgehead atoms. The Morgan fingerprint density at radius 2 is 2.00 bits per heavy atom. The summed E-state index contributed by atoms with van der Waals surface area (Å²) in [5.74, 6) is 0. The fourth-order valence-electron chi connectivity index (χ4n) is 1.44. The van der Waals surface area contributed by atoms with Crippen molar-refractivity contribution in [2.24, 2.45) is 0 Å². The van der Waals surface area contributed by atoms with Crippen molar-refractivity contribution in [2.75, 3.05) is 0 Å². The lowest BCUT2D eigenvalue weighted by Gasteiger charge is -2.05. The highest BCUT2D eigenvalue weighted by Gasteiger charge is 2.03. The van der Waals surface area contributed by atoms with Crippen molar-refractivity contribution in [1.29, 1.82) is 0 Å². The molecule has 0 amide bonds. The van der Waals surface area contributed by atoms with Crippen LogP contribution in [0.25, 0.3) is 0 Å². The second-order valence-corrected chi connectivity index (χ2v) is 3.81. The van der Waals surface area contributed by atoms with Crippen LogP contribution in [-0.2, 0) is 6.42 Å². The Morgan fingerprint density at radius 1 is 1.20 bits per heavy atom. The van der Waals surface area contributed by atoms with Gasteiger partial charge in [-0.2, -0.15) is 0 Å². The molecule has 2 rings (SSSR count). The van der Waals surface area contributed by atoms with Crippen molar-refractivity contribution < 1.29 is 0 Å². The molecule has 2 aromatic rings. The van der Waals surface area contributed by atoms with E-state index in [2.05, 4.69) is 9.97 Å². The highest BCUT2D eigenvalue weighted by atomic mass is 35.5. The number of nitrogens with zero attached hydrogens (tertiary/aromatic N) is 2. The molecule has 1 aromatic carbocycles. The molecule has 0 unspecified atom stereocenters. The minimum absolute atomic E-state index is 0.784. The van der Waals surface area contributed by atoms with Gasteiger partial charge in [-0.15, -0.1) is 0 Å². The zero-order valence-electron chi connectivity index (χ0n) is 8.44. The molecule has 0 spiro atoms. The molecule has 0 radical (unpaired) electrons. The maximum Gasteiger partial charge on any atom is 0.115 e. The average molecular weight is 219 g/mol. The van der Waals surface area contributed by atoms with Gasteiger partial charge in [-0.25, -0.2) is 9.97 Å². The van der Waals surface area contributed by atoms with Gasteiger partial charge in [0.05, 0.1) is 0 Å². The van der Waals surface area contributed by atoms with Crippen molar-refractivity contribution >= 4 is 11.6 Å². The highest BCUT2D eigenvalue weighted by molar-refractivity contribution is 6.31. The Kier molecular flexibility index (Phi) is 2.97. The monoisotopic (exact) mass is 218 g/mol. The third-order valence-corrected chi connectivity index (χ3v) is 2.72. The molecule has 3 heteroatoms. The molecular formula is C12H11ClN2. The fourth-order valence-corrected chi connectivity index (χ4v) is 1.64. The summed E-state index contributed by atoms with van der Waals surface area (Å²) in [6.45, 7) is 1.98. The van der Waals surface area contributed by atoms with E-state index in [1.807, 2.05) is 37.4 Å². The normalized spacial score (nSPS) is 10.3. The lowest BCUT2D eigenvalue weighted by atomic mass is 10.1. The molecule has 15 heavy (non-hydrogen) atoms. The lowest BCUT2D eigenvalue weighted by Crippen LogP contribution is -1.95. The second kappa shape index (κ2) is 4.41. The molecule has 76 valence electrons. The predicted molar refractivity (Wildman–Crippen MR) is 61.0 cm³/mol. The molecule has 0 saturated carbocycles. The van der Waals surface area contributed by atoms with Crippen molar-refractivity contribution in [3.8, 4) is 0 Å². The van der Waals surface area contributed by atoms with Gasteiger partial charge in [-0.05, 0) is 24.1 Å². The van der Waals surface area contributed by atoms with Crippen molar-refractivity contribution in [1.82, 2.24) is 9.97 Å². The van der Waals surface area contributed by atoms with Gasteiger partial charge < -0.3 is 0 Å². The number of aromatic nitrogens is 2. The number of halogens is 1. The Labute approximate surface area is 94.0 Å². The minimum atomic E-state index is 0.784.